The van der Waals surface area contributed by atoms with Crippen molar-refractivity contribution in [3.63, 3.8) is 0 Å². The molecule has 0 spiro atoms. The maximum atomic E-state index is 10.8. The molecule has 0 atom stereocenters. The Balaban J connectivity index is 0.00000462. The molecule has 0 saturated heterocycles. The van der Waals surface area contributed by atoms with E-state index in [0.29, 0.717) is 33.6 Å². The Morgan fingerprint density at radius 3 is 1.92 bits per heavy atom. The van der Waals surface area contributed by atoms with Crippen LogP contribution in [0.4, 0.5) is 0 Å². The molecular formula is C53H41N4O2Pt-. The van der Waals surface area contributed by atoms with E-state index >= 15 is 0 Å². The number of aromatic nitrogens is 4. The van der Waals surface area contributed by atoms with Crippen molar-refractivity contribution in [1.29, 1.82) is 0 Å². The molecule has 0 unspecified atom stereocenters. The summed E-state index contributed by atoms with van der Waals surface area (Å²) in [6.07, 6.45) is 3.64. The molecule has 6 nitrogen and oxygen atoms in total. The third-order valence-electron chi connectivity index (χ3n) is 11.3. The Bertz CT molecular complexity index is 3100. The summed E-state index contributed by atoms with van der Waals surface area (Å²) < 4.78 is 8.25. The van der Waals surface area contributed by atoms with Gasteiger partial charge in [0.05, 0.1) is 11.4 Å². The molecule has 0 amide bonds. The molecule has 0 aliphatic rings. The van der Waals surface area contributed by atoms with Crippen LogP contribution >= 0.6 is 0 Å². The average molecular weight is 961 g/mol. The maximum Gasteiger partial charge on any atom is 0.232 e. The van der Waals surface area contributed by atoms with Gasteiger partial charge in [0, 0.05) is 33.5 Å². The van der Waals surface area contributed by atoms with Gasteiger partial charge in [-0.05, 0) is 69.0 Å². The van der Waals surface area contributed by atoms with Gasteiger partial charge in [-0.15, -0.1) is 29.1 Å². The van der Waals surface area contributed by atoms with E-state index in [1.165, 1.54) is 17.3 Å². The molecule has 0 saturated carbocycles. The third kappa shape index (κ3) is 6.71. The van der Waals surface area contributed by atoms with Crippen LogP contribution in [0.5, 0.6) is 5.75 Å². The number of hydrogen-bond acceptors (Lipinski definition) is 5. The molecule has 0 radical (unpaired) electrons. The number of aromatic hydroxyl groups is 1. The summed E-state index contributed by atoms with van der Waals surface area (Å²) in [5.41, 5.74) is 14.0. The van der Waals surface area contributed by atoms with Gasteiger partial charge in [-0.2, -0.15) is 0 Å². The van der Waals surface area contributed by atoms with Gasteiger partial charge in [0.1, 0.15) is 28.2 Å². The van der Waals surface area contributed by atoms with Crippen molar-refractivity contribution >= 4 is 33.0 Å². The zero-order valence-electron chi connectivity index (χ0n) is 33.6. The number of para-hydroxylation sites is 1. The maximum absolute atomic E-state index is 10.8. The first kappa shape index (κ1) is 38.9. The topological polar surface area (TPSA) is 77.0 Å². The fourth-order valence-electron chi connectivity index (χ4n) is 8.43. The SMILES string of the molecule is CC(C)c1cccc(C(C)C)c1-n1cc(-c2ccc3oc4nccc(O)c4c3n2)nc1-c1cccc2ccc(-c3c(-c4ccccc4)cccc3-c3ccccc3)[c-]c12.[Pt]. The van der Waals surface area contributed by atoms with E-state index in [4.69, 9.17) is 14.4 Å². The zero-order valence-corrected chi connectivity index (χ0v) is 35.9. The number of nitrogens with zero attached hydrogens (tertiary/aromatic N) is 4. The monoisotopic (exact) mass is 960 g/mol. The van der Waals surface area contributed by atoms with Crippen molar-refractivity contribution in [2.45, 2.75) is 39.5 Å². The molecule has 10 rings (SSSR count). The Kier molecular flexibility index (Phi) is 10.3. The molecule has 0 fully saturated rings. The molecule has 296 valence electrons. The number of fused-ring (bicyclic) bond motifs is 4. The zero-order chi connectivity index (χ0) is 40.2. The molecule has 7 heteroatoms. The van der Waals surface area contributed by atoms with Crippen LogP contribution in [-0.2, 0) is 21.1 Å². The Morgan fingerprint density at radius 2 is 1.25 bits per heavy atom. The van der Waals surface area contributed by atoms with Crippen LogP contribution in [0.3, 0.4) is 0 Å². The van der Waals surface area contributed by atoms with Crippen molar-refractivity contribution in [2.75, 3.05) is 0 Å². The predicted molar refractivity (Wildman–Crippen MR) is 240 cm³/mol. The summed E-state index contributed by atoms with van der Waals surface area (Å²) in [7, 11) is 0. The van der Waals surface area contributed by atoms with Crippen LogP contribution in [-0.4, -0.2) is 24.6 Å². The van der Waals surface area contributed by atoms with E-state index in [0.717, 1.165) is 61.2 Å². The van der Waals surface area contributed by atoms with Crippen LogP contribution < -0.4 is 0 Å². The number of furan rings is 1. The van der Waals surface area contributed by atoms with E-state index < -0.39 is 0 Å². The average Bonchev–Trinajstić information content (AvgIpc) is 3.88. The third-order valence-corrected chi connectivity index (χ3v) is 11.3. The molecule has 10 aromatic rings. The normalized spacial score (nSPS) is 11.6. The molecule has 0 bridgehead atoms. The summed E-state index contributed by atoms with van der Waals surface area (Å²) in [6, 6.07) is 54.5. The number of rotatable bonds is 8. The van der Waals surface area contributed by atoms with E-state index in [2.05, 4.69) is 177 Å². The molecule has 4 aromatic heterocycles. The van der Waals surface area contributed by atoms with E-state index in [9.17, 15) is 5.11 Å². The van der Waals surface area contributed by atoms with Gasteiger partial charge in [0.2, 0.25) is 5.71 Å². The Hall–Kier alpha value is -6.62. The van der Waals surface area contributed by atoms with Gasteiger partial charge in [-0.3, -0.25) is 0 Å². The molecule has 0 aliphatic heterocycles. The fourth-order valence-corrected chi connectivity index (χ4v) is 8.43. The molecule has 6 aromatic carbocycles. The van der Waals surface area contributed by atoms with Crippen molar-refractivity contribution in [2.24, 2.45) is 0 Å². The van der Waals surface area contributed by atoms with Crippen molar-refractivity contribution in [3.8, 4) is 67.6 Å². The number of hydrogen-bond donors (Lipinski definition) is 1. The summed E-state index contributed by atoms with van der Waals surface area (Å²) in [4.78, 5) is 14.9. The van der Waals surface area contributed by atoms with Gasteiger partial charge >= 0.3 is 0 Å². The standard InChI is InChI=1S/C53H41N4O2.Pt/c1-32(2)38-19-12-20-39(33(3)4)51(38)57-31-45(44-26-27-47-50(55-44)49-46(58)28-29-54-53(49)59-47)56-52(57)42-23-11-18-36-24-25-37(30-43(36)42)48-40(34-14-7-5-8-15-34)21-13-22-41(48)35-16-9-6-10-17-35;/h5-29,31-33H,1-4H3,(H,54,58);/q-1;. The minimum atomic E-state index is 0. The number of imidazole rings is 1. The first-order valence-electron chi connectivity index (χ1n) is 20.1. The summed E-state index contributed by atoms with van der Waals surface area (Å²) in [6.45, 7) is 8.97. The quantitative estimate of drug-likeness (QED) is 0.154. The van der Waals surface area contributed by atoms with Gasteiger partial charge in [0.15, 0.2) is 5.58 Å². The van der Waals surface area contributed by atoms with Gasteiger partial charge in [-0.1, -0.05) is 154 Å². The number of pyridine rings is 2. The number of benzene rings is 6. The van der Waals surface area contributed by atoms with Crippen molar-refractivity contribution < 1.29 is 30.6 Å². The van der Waals surface area contributed by atoms with Crippen LogP contribution in [0.25, 0.3) is 94.8 Å². The largest absolute Gasteiger partial charge is 0.507 e. The van der Waals surface area contributed by atoms with Gasteiger partial charge in [0.25, 0.3) is 0 Å². The van der Waals surface area contributed by atoms with Crippen LogP contribution in [0.15, 0.2) is 162 Å². The molecule has 0 aliphatic carbocycles. The van der Waals surface area contributed by atoms with Crippen LogP contribution in [0, 0.1) is 6.07 Å². The van der Waals surface area contributed by atoms with Crippen molar-refractivity contribution in [1.82, 2.24) is 19.5 Å². The van der Waals surface area contributed by atoms with Crippen LogP contribution in [0.2, 0.25) is 0 Å². The second-order valence-electron chi connectivity index (χ2n) is 15.7. The summed E-state index contributed by atoms with van der Waals surface area (Å²) >= 11 is 0. The minimum Gasteiger partial charge on any atom is -0.507 e. The molecule has 4 heterocycles. The summed E-state index contributed by atoms with van der Waals surface area (Å²) in [5, 5.41) is 13.4. The molecular weight excluding hydrogens is 920 g/mol. The molecule has 60 heavy (non-hydrogen) atoms. The summed E-state index contributed by atoms with van der Waals surface area (Å²) in [5.74, 6) is 1.36. The fraction of sp³-hybridized carbons (Fsp3) is 0.113. The smallest absolute Gasteiger partial charge is 0.232 e. The minimum absolute atomic E-state index is 0. The second kappa shape index (κ2) is 15.9. The Morgan fingerprint density at radius 1 is 0.617 bits per heavy atom. The van der Waals surface area contributed by atoms with Crippen LogP contribution in [0.1, 0.15) is 50.7 Å². The molecule has 1 N–H and O–H groups in total. The van der Waals surface area contributed by atoms with Gasteiger partial charge in [-0.25, -0.2) is 15.0 Å². The second-order valence-corrected chi connectivity index (χ2v) is 15.7. The van der Waals surface area contributed by atoms with E-state index in [-0.39, 0.29) is 38.7 Å². The first-order chi connectivity index (χ1) is 28.8. The predicted octanol–water partition coefficient (Wildman–Crippen LogP) is 13.8. The van der Waals surface area contributed by atoms with Gasteiger partial charge < -0.3 is 14.1 Å². The first-order valence-corrected chi connectivity index (χ1v) is 20.1. The van der Waals surface area contributed by atoms with Crippen molar-refractivity contribution in [3.05, 3.63) is 175 Å². The van der Waals surface area contributed by atoms with E-state index in [1.54, 1.807) is 6.07 Å². The van der Waals surface area contributed by atoms with E-state index in [1.807, 2.05) is 12.1 Å². The Labute approximate surface area is 363 Å².